The normalized spacial score (nSPS) is 10.5. The van der Waals surface area contributed by atoms with E-state index in [1.54, 1.807) is 50.6 Å². The van der Waals surface area contributed by atoms with Crippen molar-refractivity contribution in [3.05, 3.63) is 64.7 Å². The van der Waals surface area contributed by atoms with Crippen LogP contribution in [0.5, 0.6) is 23.0 Å². The highest BCUT2D eigenvalue weighted by atomic mass is 79.9. The van der Waals surface area contributed by atoms with Crippen molar-refractivity contribution in [1.82, 2.24) is 0 Å². The molecule has 142 valence electrons. The van der Waals surface area contributed by atoms with E-state index in [0.29, 0.717) is 35.2 Å². The second-order valence-electron chi connectivity index (χ2n) is 5.40. The lowest BCUT2D eigenvalue weighted by Crippen LogP contribution is -1.98. The molecule has 0 fully saturated rings. The van der Waals surface area contributed by atoms with E-state index in [2.05, 4.69) is 22.5 Å². The third-order valence-electron chi connectivity index (χ3n) is 3.69. The van der Waals surface area contributed by atoms with Crippen molar-refractivity contribution in [3.63, 3.8) is 0 Å². The first-order valence-corrected chi connectivity index (χ1v) is 8.89. The minimum Gasteiger partial charge on any atom is -0.493 e. The summed E-state index contributed by atoms with van der Waals surface area (Å²) < 4.78 is 22.1. The summed E-state index contributed by atoms with van der Waals surface area (Å²) in [6.45, 7) is 4.00. The number of ether oxygens (including phenoxy) is 4. The van der Waals surface area contributed by atoms with Crippen LogP contribution in [0.3, 0.4) is 0 Å². The fourth-order valence-electron chi connectivity index (χ4n) is 2.38. The van der Waals surface area contributed by atoms with Crippen molar-refractivity contribution in [2.75, 3.05) is 27.9 Å². The summed E-state index contributed by atoms with van der Waals surface area (Å²) >= 11 is 3.47. The Balaban J connectivity index is 2.25. The van der Waals surface area contributed by atoms with Crippen LogP contribution in [-0.4, -0.2) is 33.7 Å². The summed E-state index contributed by atoms with van der Waals surface area (Å²) in [5.74, 6) is 2.06. The van der Waals surface area contributed by atoms with Gasteiger partial charge in [-0.2, -0.15) is 0 Å². The van der Waals surface area contributed by atoms with E-state index in [1.807, 2.05) is 6.07 Å². The molecule has 0 aliphatic rings. The lowest BCUT2D eigenvalue weighted by atomic mass is 10.1. The second kappa shape index (κ2) is 9.83. The standard InChI is InChI=1S/C21H21BrO5/c1-5-10-27-21-16(22)11-14(12-20(21)26-4)6-8-17(23)15-7-9-18(24-2)19(13-15)25-3/h5-9,11-13H,1,10H2,2-4H3/b8-6+. The molecule has 2 rings (SSSR count). The number of carbonyl (C=O) groups excluding carboxylic acids is 1. The molecule has 0 heterocycles. The van der Waals surface area contributed by atoms with Gasteiger partial charge in [0.25, 0.3) is 0 Å². The fourth-order valence-corrected chi connectivity index (χ4v) is 2.95. The smallest absolute Gasteiger partial charge is 0.185 e. The van der Waals surface area contributed by atoms with E-state index in [4.69, 9.17) is 18.9 Å². The highest BCUT2D eigenvalue weighted by Crippen LogP contribution is 2.37. The van der Waals surface area contributed by atoms with Gasteiger partial charge in [-0.15, -0.1) is 0 Å². The molecule has 0 saturated carbocycles. The van der Waals surface area contributed by atoms with Gasteiger partial charge in [0, 0.05) is 5.56 Å². The molecule has 2 aromatic rings. The number of carbonyl (C=O) groups is 1. The maximum absolute atomic E-state index is 12.5. The first-order valence-electron chi connectivity index (χ1n) is 8.09. The molecular formula is C21H21BrO5. The number of benzene rings is 2. The van der Waals surface area contributed by atoms with Gasteiger partial charge in [-0.1, -0.05) is 18.7 Å². The molecule has 0 N–H and O–H groups in total. The first kappa shape index (κ1) is 20.6. The predicted octanol–water partition coefficient (Wildman–Crippen LogP) is 4.94. The van der Waals surface area contributed by atoms with E-state index in [-0.39, 0.29) is 5.78 Å². The van der Waals surface area contributed by atoms with Crippen LogP contribution in [0.1, 0.15) is 15.9 Å². The van der Waals surface area contributed by atoms with Gasteiger partial charge in [0.05, 0.1) is 25.8 Å². The number of hydrogen-bond donors (Lipinski definition) is 0. The summed E-state index contributed by atoms with van der Waals surface area (Å²) in [5.41, 5.74) is 1.29. The highest BCUT2D eigenvalue weighted by Gasteiger charge is 2.12. The van der Waals surface area contributed by atoms with Crippen LogP contribution >= 0.6 is 15.9 Å². The Morgan fingerprint density at radius 3 is 2.37 bits per heavy atom. The molecular weight excluding hydrogens is 412 g/mol. The Labute approximate surface area is 167 Å². The lowest BCUT2D eigenvalue weighted by Gasteiger charge is -2.12. The zero-order valence-electron chi connectivity index (χ0n) is 15.5. The van der Waals surface area contributed by atoms with E-state index in [9.17, 15) is 4.79 Å². The largest absolute Gasteiger partial charge is 0.493 e. The molecule has 5 nitrogen and oxygen atoms in total. The van der Waals surface area contributed by atoms with Crippen molar-refractivity contribution < 1.29 is 23.7 Å². The maximum atomic E-state index is 12.5. The van der Waals surface area contributed by atoms with Crippen molar-refractivity contribution in [2.45, 2.75) is 0 Å². The summed E-state index contributed by atoms with van der Waals surface area (Å²) in [5, 5.41) is 0. The Hall–Kier alpha value is -2.73. The molecule has 2 aromatic carbocycles. The molecule has 6 heteroatoms. The Kier molecular flexibility index (Phi) is 7.49. The van der Waals surface area contributed by atoms with Gasteiger partial charge in [0.15, 0.2) is 28.8 Å². The van der Waals surface area contributed by atoms with Crippen LogP contribution in [0.15, 0.2) is 53.5 Å². The van der Waals surface area contributed by atoms with Gasteiger partial charge in [-0.05, 0) is 57.9 Å². The molecule has 0 aliphatic heterocycles. The molecule has 0 aliphatic carbocycles. The van der Waals surface area contributed by atoms with Gasteiger partial charge < -0.3 is 18.9 Å². The summed E-state index contributed by atoms with van der Waals surface area (Å²) in [6.07, 6.45) is 4.86. The topological polar surface area (TPSA) is 54.0 Å². The van der Waals surface area contributed by atoms with Crippen LogP contribution < -0.4 is 18.9 Å². The lowest BCUT2D eigenvalue weighted by molar-refractivity contribution is 0.104. The molecule has 0 spiro atoms. The number of methoxy groups -OCH3 is 3. The van der Waals surface area contributed by atoms with Gasteiger partial charge in [-0.25, -0.2) is 0 Å². The number of rotatable bonds is 9. The summed E-state index contributed by atoms with van der Waals surface area (Å²) in [7, 11) is 4.64. The molecule has 0 amide bonds. The van der Waals surface area contributed by atoms with E-state index in [1.165, 1.54) is 13.2 Å². The number of ketones is 1. The van der Waals surface area contributed by atoms with E-state index in [0.717, 1.165) is 10.0 Å². The van der Waals surface area contributed by atoms with Crippen molar-refractivity contribution in [3.8, 4) is 23.0 Å². The van der Waals surface area contributed by atoms with Crippen LogP contribution in [-0.2, 0) is 0 Å². The molecule has 27 heavy (non-hydrogen) atoms. The molecule has 0 aromatic heterocycles. The van der Waals surface area contributed by atoms with Crippen molar-refractivity contribution in [1.29, 1.82) is 0 Å². The average Bonchev–Trinajstić information content (AvgIpc) is 2.70. The van der Waals surface area contributed by atoms with Crippen LogP contribution in [0.25, 0.3) is 6.08 Å². The maximum Gasteiger partial charge on any atom is 0.185 e. The van der Waals surface area contributed by atoms with E-state index < -0.39 is 0 Å². The SMILES string of the molecule is C=CCOc1c(Br)cc(/C=C/C(=O)c2ccc(OC)c(OC)c2)cc1OC. The Morgan fingerprint density at radius 2 is 1.74 bits per heavy atom. The van der Waals surface area contributed by atoms with Gasteiger partial charge in [-0.3, -0.25) is 4.79 Å². The average molecular weight is 433 g/mol. The minimum absolute atomic E-state index is 0.155. The quantitative estimate of drug-likeness (QED) is 0.319. The molecule has 0 unspecified atom stereocenters. The molecule has 0 saturated heterocycles. The molecule has 0 radical (unpaired) electrons. The second-order valence-corrected chi connectivity index (χ2v) is 6.26. The zero-order chi connectivity index (χ0) is 19.8. The number of hydrogen-bond acceptors (Lipinski definition) is 5. The minimum atomic E-state index is -0.155. The molecule has 0 atom stereocenters. The first-order chi connectivity index (χ1) is 13.0. The number of halogens is 1. The summed E-state index contributed by atoms with van der Waals surface area (Å²) in [4.78, 5) is 12.5. The summed E-state index contributed by atoms with van der Waals surface area (Å²) in [6, 6.07) is 8.68. The predicted molar refractivity (Wildman–Crippen MR) is 109 cm³/mol. The van der Waals surface area contributed by atoms with E-state index >= 15 is 0 Å². The highest BCUT2D eigenvalue weighted by molar-refractivity contribution is 9.10. The fraction of sp³-hybridized carbons (Fsp3) is 0.190. The zero-order valence-corrected chi connectivity index (χ0v) is 17.0. The van der Waals surface area contributed by atoms with Crippen LogP contribution in [0.4, 0.5) is 0 Å². The van der Waals surface area contributed by atoms with Crippen LogP contribution in [0.2, 0.25) is 0 Å². The third-order valence-corrected chi connectivity index (χ3v) is 4.28. The Morgan fingerprint density at radius 1 is 1.04 bits per heavy atom. The number of allylic oxidation sites excluding steroid dienone is 1. The van der Waals surface area contributed by atoms with Gasteiger partial charge in [0.1, 0.15) is 6.61 Å². The van der Waals surface area contributed by atoms with Crippen molar-refractivity contribution in [2.24, 2.45) is 0 Å². The van der Waals surface area contributed by atoms with Crippen LogP contribution in [0, 0.1) is 0 Å². The third kappa shape index (κ3) is 5.14. The monoisotopic (exact) mass is 432 g/mol. The van der Waals surface area contributed by atoms with Crippen molar-refractivity contribution >= 4 is 27.8 Å². The van der Waals surface area contributed by atoms with Gasteiger partial charge in [0.2, 0.25) is 0 Å². The van der Waals surface area contributed by atoms with Gasteiger partial charge >= 0.3 is 0 Å². The molecule has 0 bridgehead atoms. The Bertz CT molecular complexity index is 858.